The molecule has 3 rings (SSSR count). The van der Waals surface area contributed by atoms with E-state index in [0.29, 0.717) is 6.10 Å². The monoisotopic (exact) mass is 275 g/mol. The molecule has 0 unspecified atom stereocenters. The van der Waals surface area contributed by atoms with Crippen molar-refractivity contribution in [3.05, 3.63) is 24.3 Å². The number of nitrogens with one attached hydrogen (secondary N) is 1. The summed E-state index contributed by atoms with van der Waals surface area (Å²) in [7, 11) is 0. The topological polar surface area (TPSA) is 30.5 Å². The molecule has 0 bridgehead atoms. The molecule has 0 radical (unpaired) electrons. The van der Waals surface area contributed by atoms with Crippen LogP contribution in [0.3, 0.4) is 0 Å². The molecule has 3 heteroatoms. The van der Waals surface area contributed by atoms with Crippen LogP contribution < -0.4 is 10.1 Å². The lowest BCUT2D eigenvalue weighted by Gasteiger charge is -2.22. The fraction of sp³-hybridized carbons (Fsp3) is 0.647. The van der Waals surface area contributed by atoms with Gasteiger partial charge in [-0.15, -0.1) is 0 Å². The third-order valence-electron chi connectivity index (χ3n) is 4.39. The molecule has 1 aliphatic heterocycles. The van der Waals surface area contributed by atoms with Crippen molar-refractivity contribution in [2.24, 2.45) is 5.92 Å². The number of hydrogen-bond donors (Lipinski definition) is 1. The van der Waals surface area contributed by atoms with Gasteiger partial charge in [-0.3, -0.25) is 0 Å². The van der Waals surface area contributed by atoms with Gasteiger partial charge in [0.25, 0.3) is 0 Å². The summed E-state index contributed by atoms with van der Waals surface area (Å²) >= 11 is 0. The Labute approximate surface area is 121 Å². The quantitative estimate of drug-likeness (QED) is 0.885. The van der Waals surface area contributed by atoms with Crippen LogP contribution in [-0.4, -0.2) is 25.9 Å². The van der Waals surface area contributed by atoms with Gasteiger partial charge in [0, 0.05) is 25.4 Å². The minimum Gasteiger partial charge on any atom is -0.490 e. The molecule has 20 heavy (non-hydrogen) atoms. The van der Waals surface area contributed by atoms with E-state index in [1.54, 1.807) is 0 Å². The fourth-order valence-electron chi connectivity index (χ4n) is 3.06. The highest BCUT2D eigenvalue weighted by Gasteiger charge is 2.16. The minimum atomic E-state index is 0.441. The highest BCUT2D eigenvalue weighted by atomic mass is 16.5. The summed E-state index contributed by atoms with van der Waals surface area (Å²) in [6.45, 7) is 2.88. The van der Waals surface area contributed by atoms with Crippen LogP contribution in [0.4, 0.5) is 5.69 Å². The number of ether oxygens (including phenoxy) is 2. The van der Waals surface area contributed by atoms with Crippen LogP contribution in [0.15, 0.2) is 24.3 Å². The molecule has 1 saturated heterocycles. The highest BCUT2D eigenvalue weighted by molar-refractivity contribution is 5.46. The van der Waals surface area contributed by atoms with Gasteiger partial charge in [-0.05, 0) is 68.7 Å². The van der Waals surface area contributed by atoms with Gasteiger partial charge < -0.3 is 14.8 Å². The van der Waals surface area contributed by atoms with Gasteiger partial charge in [-0.25, -0.2) is 0 Å². The van der Waals surface area contributed by atoms with E-state index >= 15 is 0 Å². The third kappa shape index (κ3) is 3.89. The summed E-state index contributed by atoms with van der Waals surface area (Å²) in [5, 5.41) is 3.52. The zero-order chi connectivity index (χ0) is 13.6. The van der Waals surface area contributed by atoms with E-state index in [4.69, 9.17) is 9.47 Å². The molecule has 1 aromatic rings. The van der Waals surface area contributed by atoms with Gasteiger partial charge in [0.05, 0.1) is 6.10 Å². The molecule has 2 aliphatic rings. The Bertz CT molecular complexity index is 392. The zero-order valence-electron chi connectivity index (χ0n) is 12.1. The van der Waals surface area contributed by atoms with Gasteiger partial charge in [0.1, 0.15) is 5.75 Å². The van der Waals surface area contributed by atoms with Crippen LogP contribution in [0, 0.1) is 5.92 Å². The lowest BCUT2D eigenvalue weighted by molar-refractivity contribution is 0.0699. The first-order valence-corrected chi connectivity index (χ1v) is 7.98. The van der Waals surface area contributed by atoms with Crippen molar-refractivity contribution < 1.29 is 9.47 Å². The maximum Gasteiger partial charge on any atom is 0.119 e. The minimum absolute atomic E-state index is 0.441. The maximum absolute atomic E-state index is 5.98. The van der Waals surface area contributed by atoms with Gasteiger partial charge in [0.2, 0.25) is 0 Å². The smallest absolute Gasteiger partial charge is 0.119 e. The van der Waals surface area contributed by atoms with E-state index in [-0.39, 0.29) is 0 Å². The Morgan fingerprint density at radius 3 is 2.40 bits per heavy atom. The standard InChI is InChI=1S/C17H25NO2/c1-2-4-16(3-1)20-17-7-5-15(6-8-17)18-13-14-9-11-19-12-10-14/h5-8,14,16,18H,1-4,9-13H2. The van der Waals surface area contributed by atoms with E-state index in [0.717, 1.165) is 31.4 Å². The number of benzene rings is 1. The molecular formula is C17H25NO2. The van der Waals surface area contributed by atoms with Gasteiger partial charge >= 0.3 is 0 Å². The Kier molecular flexibility index (Phi) is 4.80. The van der Waals surface area contributed by atoms with E-state index in [1.165, 1.54) is 44.2 Å². The molecule has 3 nitrogen and oxygen atoms in total. The Morgan fingerprint density at radius 2 is 1.70 bits per heavy atom. The van der Waals surface area contributed by atoms with Gasteiger partial charge in [-0.2, -0.15) is 0 Å². The molecule has 1 aromatic carbocycles. The van der Waals surface area contributed by atoms with E-state index < -0.39 is 0 Å². The molecule has 1 saturated carbocycles. The van der Waals surface area contributed by atoms with Crippen LogP contribution >= 0.6 is 0 Å². The summed E-state index contributed by atoms with van der Waals surface area (Å²) < 4.78 is 11.4. The van der Waals surface area contributed by atoms with E-state index in [2.05, 4.69) is 29.6 Å². The molecular weight excluding hydrogens is 250 g/mol. The van der Waals surface area contributed by atoms with Crippen LogP contribution in [0.1, 0.15) is 38.5 Å². The predicted octanol–water partition coefficient (Wildman–Crippen LogP) is 3.85. The summed E-state index contributed by atoms with van der Waals surface area (Å²) in [4.78, 5) is 0. The van der Waals surface area contributed by atoms with Crippen LogP contribution in [0.25, 0.3) is 0 Å². The Morgan fingerprint density at radius 1 is 1.00 bits per heavy atom. The molecule has 1 N–H and O–H groups in total. The van der Waals surface area contributed by atoms with Crippen LogP contribution in [-0.2, 0) is 4.74 Å². The van der Waals surface area contributed by atoms with Crippen molar-refractivity contribution in [1.29, 1.82) is 0 Å². The lowest BCUT2D eigenvalue weighted by atomic mass is 10.0. The molecule has 0 amide bonds. The lowest BCUT2D eigenvalue weighted by Crippen LogP contribution is -2.22. The molecule has 0 aromatic heterocycles. The second-order valence-electron chi connectivity index (χ2n) is 5.99. The molecule has 1 heterocycles. The third-order valence-corrected chi connectivity index (χ3v) is 4.39. The normalized spacial score (nSPS) is 21.0. The van der Waals surface area contributed by atoms with Crippen molar-refractivity contribution in [2.45, 2.75) is 44.6 Å². The van der Waals surface area contributed by atoms with Gasteiger partial charge in [-0.1, -0.05) is 0 Å². The second kappa shape index (κ2) is 6.98. The summed E-state index contributed by atoms with van der Waals surface area (Å²) in [6, 6.07) is 8.43. The average Bonchev–Trinajstić information content (AvgIpc) is 3.01. The number of anilines is 1. The first-order chi connectivity index (χ1) is 9.90. The van der Waals surface area contributed by atoms with Crippen LogP contribution in [0.5, 0.6) is 5.75 Å². The second-order valence-corrected chi connectivity index (χ2v) is 5.99. The van der Waals surface area contributed by atoms with Crippen molar-refractivity contribution in [3.63, 3.8) is 0 Å². The predicted molar refractivity (Wildman–Crippen MR) is 81.4 cm³/mol. The van der Waals surface area contributed by atoms with Crippen molar-refractivity contribution >= 4 is 5.69 Å². The van der Waals surface area contributed by atoms with Crippen molar-refractivity contribution in [1.82, 2.24) is 0 Å². The van der Waals surface area contributed by atoms with Gasteiger partial charge in [0.15, 0.2) is 0 Å². The molecule has 2 fully saturated rings. The van der Waals surface area contributed by atoms with Crippen molar-refractivity contribution in [3.8, 4) is 5.75 Å². The average molecular weight is 275 g/mol. The largest absolute Gasteiger partial charge is 0.490 e. The van der Waals surface area contributed by atoms with E-state index in [9.17, 15) is 0 Å². The highest BCUT2D eigenvalue weighted by Crippen LogP contribution is 2.25. The Hall–Kier alpha value is -1.22. The number of hydrogen-bond acceptors (Lipinski definition) is 3. The summed E-state index contributed by atoms with van der Waals surface area (Å²) in [6.07, 6.45) is 7.85. The Balaban J connectivity index is 1.45. The fourth-order valence-corrected chi connectivity index (χ4v) is 3.06. The first-order valence-electron chi connectivity index (χ1n) is 7.98. The molecule has 0 atom stereocenters. The summed E-state index contributed by atoms with van der Waals surface area (Å²) in [5.41, 5.74) is 1.19. The molecule has 110 valence electrons. The summed E-state index contributed by atoms with van der Waals surface area (Å²) in [5.74, 6) is 1.76. The zero-order valence-corrected chi connectivity index (χ0v) is 12.1. The maximum atomic E-state index is 5.98. The van der Waals surface area contributed by atoms with Crippen molar-refractivity contribution in [2.75, 3.05) is 25.1 Å². The first kappa shape index (κ1) is 13.7. The molecule has 1 aliphatic carbocycles. The van der Waals surface area contributed by atoms with Crippen LogP contribution in [0.2, 0.25) is 0 Å². The van der Waals surface area contributed by atoms with E-state index in [1.807, 2.05) is 0 Å². The SMILES string of the molecule is c1cc(OC2CCCC2)ccc1NCC1CCOCC1. The number of rotatable bonds is 5. The molecule has 0 spiro atoms.